The molecule has 2 amide bonds. The second-order valence-corrected chi connectivity index (χ2v) is 6.00. The molecule has 0 aliphatic rings. The molecule has 0 heterocycles. The Kier molecular flexibility index (Phi) is 5.72. The van der Waals surface area contributed by atoms with E-state index in [0.717, 1.165) is 0 Å². The first-order valence-corrected chi connectivity index (χ1v) is 7.96. The highest BCUT2D eigenvalue weighted by Crippen LogP contribution is 2.13. The Hall–Kier alpha value is -2.38. The van der Waals surface area contributed by atoms with E-state index in [1.807, 2.05) is 0 Å². The number of anilines is 1. The summed E-state index contributed by atoms with van der Waals surface area (Å²) in [6.45, 7) is 0. The maximum absolute atomic E-state index is 12.1. The molecule has 2 rings (SSSR count). The van der Waals surface area contributed by atoms with Gasteiger partial charge < -0.3 is 10.1 Å². The maximum atomic E-state index is 12.1. The molecule has 2 aromatic carbocycles. The number of urea groups is 1. The number of hydrogen-bond donors (Lipinski definition) is 2. The highest BCUT2D eigenvalue weighted by molar-refractivity contribution is 7.83. The average molecular weight is 353 g/mol. The van der Waals surface area contributed by atoms with Crippen LogP contribution in [0.2, 0.25) is 5.02 Å². The Bertz CT molecular complexity index is 732. The SMILES string of the molecule is COC(=O)c1ccc(S(=O)NC(=O)Nc2ccc(Cl)cc2)cc1. The molecular formula is C15H13ClN2O4S. The van der Waals surface area contributed by atoms with Gasteiger partial charge in [0, 0.05) is 10.7 Å². The van der Waals surface area contributed by atoms with Gasteiger partial charge in [-0.25, -0.2) is 13.8 Å². The first kappa shape index (κ1) is 17.0. The molecule has 0 aliphatic carbocycles. The van der Waals surface area contributed by atoms with Crippen LogP contribution in [0.15, 0.2) is 53.4 Å². The normalized spacial score (nSPS) is 11.4. The summed E-state index contributed by atoms with van der Waals surface area (Å²) < 4.78 is 18.9. The van der Waals surface area contributed by atoms with Crippen LogP contribution >= 0.6 is 11.6 Å². The van der Waals surface area contributed by atoms with Gasteiger partial charge in [0.1, 0.15) is 0 Å². The van der Waals surface area contributed by atoms with Gasteiger partial charge in [-0.15, -0.1) is 0 Å². The van der Waals surface area contributed by atoms with Gasteiger partial charge >= 0.3 is 12.0 Å². The summed E-state index contributed by atoms with van der Waals surface area (Å²) in [5, 5.41) is 3.08. The number of rotatable bonds is 4. The Balaban J connectivity index is 1.96. The second kappa shape index (κ2) is 7.75. The molecule has 0 saturated carbocycles. The number of halogens is 1. The minimum atomic E-state index is -1.76. The van der Waals surface area contributed by atoms with E-state index in [1.54, 1.807) is 24.3 Å². The fourth-order valence-corrected chi connectivity index (χ4v) is 2.51. The molecule has 2 N–H and O–H groups in total. The van der Waals surface area contributed by atoms with E-state index in [2.05, 4.69) is 14.8 Å². The number of ether oxygens (including phenoxy) is 1. The molecule has 0 radical (unpaired) electrons. The van der Waals surface area contributed by atoms with Crippen molar-refractivity contribution in [3.05, 3.63) is 59.1 Å². The molecule has 0 saturated heterocycles. The van der Waals surface area contributed by atoms with E-state index < -0.39 is 23.0 Å². The lowest BCUT2D eigenvalue weighted by molar-refractivity contribution is 0.0600. The summed E-state index contributed by atoms with van der Waals surface area (Å²) in [5.74, 6) is -0.490. The quantitative estimate of drug-likeness (QED) is 0.828. The molecule has 0 aromatic heterocycles. The van der Waals surface area contributed by atoms with E-state index in [9.17, 15) is 13.8 Å². The van der Waals surface area contributed by atoms with Crippen LogP contribution in [0, 0.1) is 0 Å². The number of hydrogen-bond acceptors (Lipinski definition) is 4. The number of carbonyl (C=O) groups is 2. The zero-order chi connectivity index (χ0) is 16.8. The van der Waals surface area contributed by atoms with E-state index in [4.69, 9.17) is 11.6 Å². The van der Waals surface area contributed by atoms with Crippen LogP contribution in [0.25, 0.3) is 0 Å². The molecule has 0 aliphatic heterocycles. The largest absolute Gasteiger partial charge is 0.465 e. The Morgan fingerprint density at radius 3 is 2.22 bits per heavy atom. The van der Waals surface area contributed by atoms with Crippen LogP contribution in [0.3, 0.4) is 0 Å². The van der Waals surface area contributed by atoms with Gasteiger partial charge in [0.05, 0.1) is 17.6 Å². The molecule has 120 valence electrons. The first-order valence-electron chi connectivity index (χ1n) is 6.43. The van der Waals surface area contributed by atoms with Crippen LogP contribution in [0.5, 0.6) is 0 Å². The Morgan fingerprint density at radius 2 is 1.65 bits per heavy atom. The van der Waals surface area contributed by atoms with Crippen LogP contribution in [0.4, 0.5) is 10.5 Å². The molecule has 8 heteroatoms. The predicted molar refractivity (Wildman–Crippen MR) is 87.8 cm³/mol. The third-order valence-corrected chi connectivity index (χ3v) is 4.10. The molecule has 1 unspecified atom stereocenters. The minimum Gasteiger partial charge on any atom is -0.465 e. The van der Waals surface area contributed by atoms with Crippen molar-refractivity contribution in [2.75, 3.05) is 12.4 Å². The molecule has 0 fully saturated rings. The van der Waals surface area contributed by atoms with Gasteiger partial charge in [0.2, 0.25) is 0 Å². The van der Waals surface area contributed by atoms with E-state index in [-0.39, 0.29) is 0 Å². The highest BCUT2D eigenvalue weighted by Gasteiger charge is 2.11. The van der Waals surface area contributed by atoms with Crippen molar-refractivity contribution in [1.82, 2.24) is 4.72 Å². The molecule has 6 nitrogen and oxygen atoms in total. The summed E-state index contributed by atoms with van der Waals surface area (Å²) in [7, 11) is -0.480. The molecule has 0 spiro atoms. The topological polar surface area (TPSA) is 84.5 Å². The predicted octanol–water partition coefficient (Wildman–Crippen LogP) is 2.97. The Morgan fingerprint density at radius 1 is 1.04 bits per heavy atom. The number of methoxy groups -OCH3 is 1. The standard InChI is InChI=1S/C15H13ClN2O4S/c1-22-14(19)10-2-8-13(9-3-10)23(21)18-15(20)17-12-6-4-11(16)5-7-12/h2-9H,1H3,(H2,17,18,20). The average Bonchev–Trinajstić information content (AvgIpc) is 2.56. The first-order chi connectivity index (χ1) is 11.0. The zero-order valence-corrected chi connectivity index (χ0v) is 13.6. The van der Waals surface area contributed by atoms with Crippen molar-refractivity contribution in [2.45, 2.75) is 4.90 Å². The van der Waals surface area contributed by atoms with Crippen molar-refractivity contribution in [3.63, 3.8) is 0 Å². The number of esters is 1. The van der Waals surface area contributed by atoms with Crippen molar-refractivity contribution in [1.29, 1.82) is 0 Å². The van der Waals surface area contributed by atoms with Gasteiger partial charge in [0.25, 0.3) is 0 Å². The lowest BCUT2D eigenvalue weighted by Gasteiger charge is -2.08. The van der Waals surface area contributed by atoms with Crippen molar-refractivity contribution >= 4 is 40.3 Å². The fraction of sp³-hybridized carbons (Fsp3) is 0.0667. The molecular weight excluding hydrogens is 340 g/mol. The highest BCUT2D eigenvalue weighted by atomic mass is 35.5. The number of nitrogens with one attached hydrogen (secondary N) is 2. The van der Waals surface area contributed by atoms with Crippen molar-refractivity contribution in [3.8, 4) is 0 Å². The van der Waals surface area contributed by atoms with Gasteiger partial charge in [0.15, 0.2) is 11.0 Å². The third kappa shape index (κ3) is 4.80. The summed E-state index contributed by atoms with van der Waals surface area (Å²) >= 11 is 5.75. The summed E-state index contributed by atoms with van der Waals surface area (Å²) in [5.41, 5.74) is 0.851. The zero-order valence-electron chi connectivity index (χ0n) is 12.0. The summed E-state index contributed by atoms with van der Waals surface area (Å²) in [4.78, 5) is 23.4. The van der Waals surface area contributed by atoms with Gasteiger partial charge in [-0.3, -0.25) is 4.72 Å². The van der Waals surface area contributed by atoms with Crippen molar-refractivity contribution in [2.24, 2.45) is 0 Å². The number of amides is 2. The Labute approximate surface area is 140 Å². The maximum Gasteiger partial charge on any atom is 0.337 e. The lowest BCUT2D eigenvalue weighted by atomic mass is 10.2. The summed E-state index contributed by atoms with van der Waals surface area (Å²) in [6, 6.07) is 11.8. The van der Waals surface area contributed by atoms with E-state index in [0.29, 0.717) is 21.2 Å². The van der Waals surface area contributed by atoms with Crippen LogP contribution in [0.1, 0.15) is 10.4 Å². The fourth-order valence-electron chi connectivity index (χ4n) is 1.67. The van der Waals surface area contributed by atoms with E-state index in [1.165, 1.54) is 31.4 Å². The van der Waals surface area contributed by atoms with Crippen LogP contribution < -0.4 is 10.0 Å². The lowest BCUT2D eigenvalue weighted by Crippen LogP contribution is -2.30. The third-order valence-electron chi connectivity index (χ3n) is 2.78. The van der Waals surface area contributed by atoms with Gasteiger partial charge in [-0.05, 0) is 48.5 Å². The number of benzene rings is 2. The van der Waals surface area contributed by atoms with Crippen LogP contribution in [-0.2, 0) is 15.7 Å². The van der Waals surface area contributed by atoms with Gasteiger partial charge in [-0.1, -0.05) is 11.6 Å². The summed E-state index contributed by atoms with van der Waals surface area (Å²) in [6.07, 6.45) is 0. The monoisotopic (exact) mass is 352 g/mol. The van der Waals surface area contributed by atoms with Crippen molar-refractivity contribution < 1.29 is 18.5 Å². The van der Waals surface area contributed by atoms with Gasteiger partial charge in [-0.2, -0.15) is 0 Å². The molecule has 1 atom stereocenters. The number of carbonyl (C=O) groups excluding carboxylic acids is 2. The smallest absolute Gasteiger partial charge is 0.337 e. The minimum absolute atomic E-state index is 0.332. The molecule has 0 bridgehead atoms. The van der Waals surface area contributed by atoms with Crippen LogP contribution in [-0.4, -0.2) is 23.3 Å². The molecule has 2 aromatic rings. The van der Waals surface area contributed by atoms with E-state index >= 15 is 0 Å². The second-order valence-electron chi connectivity index (χ2n) is 4.35. The molecule has 23 heavy (non-hydrogen) atoms.